The Morgan fingerprint density at radius 1 is 1.05 bits per heavy atom. The molecule has 2 aliphatic rings. The summed E-state index contributed by atoms with van der Waals surface area (Å²) in [5, 5.41) is 6.08. The summed E-state index contributed by atoms with van der Waals surface area (Å²) in [6.45, 7) is 2.64. The molecule has 1 aliphatic carbocycles. The van der Waals surface area contributed by atoms with Crippen LogP contribution in [0.2, 0.25) is 0 Å². The Balaban J connectivity index is 1.48. The molecule has 0 spiro atoms. The fourth-order valence-electron chi connectivity index (χ4n) is 3.11. The predicted octanol–water partition coefficient (Wildman–Crippen LogP) is 2.83. The van der Waals surface area contributed by atoms with E-state index in [0.29, 0.717) is 6.04 Å². The first-order chi connectivity index (χ1) is 9.34. The van der Waals surface area contributed by atoms with Crippen LogP contribution in [-0.2, 0) is 4.74 Å². The Kier molecular flexibility index (Phi) is 6.48. The van der Waals surface area contributed by atoms with Gasteiger partial charge in [0.1, 0.15) is 0 Å². The molecule has 4 nitrogen and oxygen atoms in total. The Bertz CT molecular complexity index is 259. The second-order valence-corrected chi connectivity index (χ2v) is 5.93. The van der Waals surface area contributed by atoms with Crippen molar-refractivity contribution in [1.82, 2.24) is 10.6 Å². The third-order valence-corrected chi connectivity index (χ3v) is 4.36. The molecule has 4 heteroatoms. The summed E-state index contributed by atoms with van der Waals surface area (Å²) in [5.74, 6) is 0.803. The Morgan fingerprint density at radius 3 is 2.53 bits per heavy atom. The maximum absolute atomic E-state index is 11.7. The van der Waals surface area contributed by atoms with Gasteiger partial charge < -0.3 is 15.4 Å². The molecule has 110 valence electrons. The molecule has 0 bridgehead atoms. The summed E-state index contributed by atoms with van der Waals surface area (Å²) in [4.78, 5) is 11.7. The zero-order chi connectivity index (χ0) is 13.3. The molecule has 0 aromatic carbocycles. The average molecular weight is 268 g/mol. The van der Waals surface area contributed by atoms with Gasteiger partial charge in [-0.3, -0.25) is 0 Å². The van der Waals surface area contributed by atoms with Gasteiger partial charge in [0.15, 0.2) is 0 Å². The van der Waals surface area contributed by atoms with E-state index >= 15 is 0 Å². The molecule has 0 unspecified atom stereocenters. The molecular formula is C15H28N2O2. The van der Waals surface area contributed by atoms with Crippen LogP contribution in [0.3, 0.4) is 0 Å². The van der Waals surface area contributed by atoms with Gasteiger partial charge in [0.25, 0.3) is 0 Å². The van der Waals surface area contributed by atoms with E-state index in [-0.39, 0.29) is 6.03 Å². The van der Waals surface area contributed by atoms with Crippen molar-refractivity contribution >= 4 is 6.03 Å². The summed E-state index contributed by atoms with van der Waals surface area (Å²) in [6.07, 6.45) is 10.8. The lowest BCUT2D eigenvalue weighted by atomic mass is 9.95. The van der Waals surface area contributed by atoms with E-state index in [4.69, 9.17) is 4.74 Å². The summed E-state index contributed by atoms with van der Waals surface area (Å²) in [5.41, 5.74) is 0. The quantitative estimate of drug-likeness (QED) is 0.753. The highest BCUT2D eigenvalue weighted by atomic mass is 16.5. The van der Waals surface area contributed by atoms with Crippen LogP contribution in [0.5, 0.6) is 0 Å². The summed E-state index contributed by atoms with van der Waals surface area (Å²) in [7, 11) is 0. The van der Waals surface area contributed by atoms with Crippen LogP contribution in [-0.4, -0.2) is 31.8 Å². The number of nitrogens with one attached hydrogen (secondary N) is 2. The standard InChI is InChI=1S/C15H28N2O2/c18-15(17-14-6-2-1-3-7-14)16-10-4-5-13-8-11-19-12-9-13/h13-14H,1-12H2,(H2,16,17,18). The van der Waals surface area contributed by atoms with Gasteiger partial charge in [0, 0.05) is 25.8 Å². The van der Waals surface area contributed by atoms with Crippen LogP contribution in [0.15, 0.2) is 0 Å². The smallest absolute Gasteiger partial charge is 0.315 e. The van der Waals surface area contributed by atoms with Gasteiger partial charge in [-0.25, -0.2) is 4.79 Å². The molecule has 2 N–H and O–H groups in total. The van der Waals surface area contributed by atoms with E-state index in [1.165, 1.54) is 38.5 Å². The van der Waals surface area contributed by atoms with Crippen LogP contribution in [0.25, 0.3) is 0 Å². The van der Waals surface area contributed by atoms with Gasteiger partial charge in [0.2, 0.25) is 0 Å². The lowest BCUT2D eigenvalue weighted by Crippen LogP contribution is -2.43. The average Bonchev–Trinajstić information content (AvgIpc) is 2.46. The number of urea groups is 1. The molecule has 2 amide bonds. The van der Waals surface area contributed by atoms with Crippen LogP contribution in [0, 0.1) is 5.92 Å². The SMILES string of the molecule is O=C(NCCCC1CCOCC1)NC1CCCCC1. The van der Waals surface area contributed by atoms with Crippen LogP contribution in [0.4, 0.5) is 4.79 Å². The molecule has 0 aromatic heterocycles. The van der Waals surface area contributed by atoms with Gasteiger partial charge in [-0.05, 0) is 44.4 Å². The first-order valence-electron chi connectivity index (χ1n) is 7.96. The normalized spacial score (nSPS) is 22.1. The minimum Gasteiger partial charge on any atom is -0.381 e. The van der Waals surface area contributed by atoms with Crippen molar-refractivity contribution in [1.29, 1.82) is 0 Å². The Morgan fingerprint density at radius 2 is 1.79 bits per heavy atom. The number of amides is 2. The highest BCUT2D eigenvalue weighted by Crippen LogP contribution is 2.19. The van der Waals surface area contributed by atoms with Gasteiger partial charge in [-0.15, -0.1) is 0 Å². The van der Waals surface area contributed by atoms with Crippen LogP contribution in [0.1, 0.15) is 57.8 Å². The van der Waals surface area contributed by atoms with Gasteiger partial charge in [-0.2, -0.15) is 0 Å². The molecule has 2 rings (SSSR count). The van der Waals surface area contributed by atoms with Gasteiger partial charge in [-0.1, -0.05) is 19.3 Å². The minimum atomic E-state index is 0.0267. The molecule has 0 radical (unpaired) electrons. The first kappa shape index (κ1) is 14.6. The summed E-state index contributed by atoms with van der Waals surface area (Å²) >= 11 is 0. The Hall–Kier alpha value is -0.770. The highest BCUT2D eigenvalue weighted by Gasteiger charge is 2.16. The topological polar surface area (TPSA) is 50.4 Å². The second-order valence-electron chi connectivity index (χ2n) is 5.93. The minimum absolute atomic E-state index is 0.0267. The third-order valence-electron chi connectivity index (χ3n) is 4.36. The number of ether oxygens (including phenoxy) is 1. The fourth-order valence-corrected chi connectivity index (χ4v) is 3.11. The maximum Gasteiger partial charge on any atom is 0.315 e. The molecular weight excluding hydrogens is 240 g/mol. The molecule has 19 heavy (non-hydrogen) atoms. The molecule has 2 fully saturated rings. The fraction of sp³-hybridized carbons (Fsp3) is 0.933. The Labute approximate surface area is 116 Å². The predicted molar refractivity (Wildman–Crippen MR) is 76.2 cm³/mol. The number of hydrogen-bond acceptors (Lipinski definition) is 2. The van der Waals surface area contributed by atoms with E-state index in [0.717, 1.165) is 44.9 Å². The molecule has 0 atom stereocenters. The number of hydrogen-bond donors (Lipinski definition) is 2. The van der Waals surface area contributed by atoms with Crippen LogP contribution >= 0.6 is 0 Å². The summed E-state index contributed by atoms with van der Waals surface area (Å²) < 4.78 is 5.35. The van der Waals surface area contributed by atoms with Crippen molar-refractivity contribution < 1.29 is 9.53 Å². The van der Waals surface area contributed by atoms with Crippen molar-refractivity contribution in [3.8, 4) is 0 Å². The van der Waals surface area contributed by atoms with Gasteiger partial charge in [0.05, 0.1) is 0 Å². The van der Waals surface area contributed by atoms with Crippen molar-refractivity contribution in [2.45, 2.75) is 63.8 Å². The van der Waals surface area contributed by atoms with E-state index in [1.807, 2.05) is 0 Å². The lowest BCUT2D eigenvalue weighted by molar-refractivity contribution is 0.0634. The number of carbonyl (C=O) groups excluding carboxylic acids is 1. The van der Waals surface area contributed by atoms with E-state index in [9.17, 15) is 4.79 Å². The van der Waals surface area contributed by atoms with Crippen molar-refractivity contribution in [2.24, 2.45) is 5.92 Å². The highest BCUT2D eigenvalue weighted by molar-refractivity contribution is 5.74. The van der Waals surface area contributed by atoms with Crippen molar-refractivity contribution in [3.63, 3.8) is 0 Å². The number of rotatable bonds is 5. The van der Waals surface area contributed by atoms with Crippen molar-refractivity contribution in [2.75, 3.05) is 19.8 Å². The largest absolute Gasteiger partial charge is 0.381 e. The zero-order valence-electron chi connectivity index (χ0n) is 12.0. The van der Waals surface area contributed by atoms with Crippen LogP contribution < -0.4 is 10.6 Å². The molecule has 1 saturated carbocycles. The maximum atomic E-state index is 11.7. The molecule has 1 heterocycles. The summed E-state index contributed by atoms with van der Waals surface area (Å²) in [6, 6.07) is 0.433. The van der Waals surface area contributed by atoms with E-state index in [1.54, 1.807) is 0 Å². The monoisotopic (exact) mass is 268 g/mol. The second kappa shape index (κ2) is 8.41. The van der Waals surface area contributed by atoms with E-state index < -0.39 is 0 Å². The first-order valence-corrected chi connectivity index (χ1v) is 7.96. The third kappa shape index (κ3) is 5.81. The zero-order valence-corrected chi connectivity index (χ0v) is 12.0. The molecule has 0 aromatic rings. The number of carbonyl (C=O) groups is 1. The lowest BCUT2D eigenvalue weighted by Gasteiger charge is -2.23. The molecule has 1 aliphatic heterocycles. The van der Waals surface area contributed by atoms with Crippen molar-refractivity contribution in [3.05, 3.63) is 0 Å². The van der Waals surface area contributed by atoms with E-state index in [2.05, 4.69) is 10.6 Å². The molecule has 1 saturated heterocycles. The van der Waals surface area contributed by atoms with Gasteiger partial charge >= 0.3 is 6.03 Å².